The molecule has 5 nitrogen and oxygen atoms in total. The summed E-state index contributed by atoms with van der Waals surface area (Å²) >= 11 is 0. The van der Waals surface area contributed by atoms with Gasteiger partial charge in [0.1, 0.15) is 5.82 Å². The van der Waals surface area contributed by atoms with Crippen LogP contribution >= 0.6 is 0 Å². The first-order valence-corrected chi connectivity index (χ1v) is 5.57. The SMILES string of the molecule is CNc1cc(N)c(C(=N)c2ccnc(C)c2)cn1. The van der Waals surface area contributed by atoms with Crippen molar-refractivity contribution in [3.63, 3.8) is 0 Å². The normalized spacial score (nSPS) is 10.1. The third-order valence-electron chi connectivity index (χ3n) is 2.65. The van der Waals surface area contributed by atoms with Crippen LogP contribution in [0.2, 0.25) is 0 Å². The number of nitrogens with one attached hydrogen (secondary N) is 2. The van der Waals surface area contributed by atoms with Crippen LogP contribution in [-0.2, 0) is 0 Å². The van der Waals surface area contributed by atoms with E-state index in [0.29, 0.717) is 22.8 Å². The van der Waals surface area contributed by atoms with Crippen LogP contribution in [0.25, 0.3) is 0 Å². The minimum absolute atomic E-state index is 0.355. The Morgan fingerprint density at radius 1 is 1.33 bits per heavy atom. The highest BCUT2D eigenvalue weighted by molar-refractivity contribution is 6.13. The molecular formula is C13H15N5. The minimum atomic E-state index is 0.355. The Hall–Kier alpha value is -2.43. The summed E-state index contributed by atoms with van der Waals surface area (Å²) < 4.78 is 0. The maximum atomic E-state index is 8.17. The Morgan fingerprint density at radius 2 is 2.11 bits per heavy atom. The largest absolute Gasteiger partial charge is 0.398 e. The molecule has 2 aromatic rings. The van der Waals surface area contributed by atoms with E-state index in [1.807, 2.05) is 13.0 Å². The van der Waals surface area contributed by atoms with Crippen molar-refractivity contribution in [1.82, 2.24) is 9.97 Å². The summed E-state index contributed by atoms with van der Waals surface area (Å²) in [6.45, 7) is 1.89. The van der Waals surface area contributed by atoms with Gasteiger partial charge < -0.3 is 11.1 Å². The minimum Gasteiger partial charge on any atom is -0.398 e. The second kappa shape index (κ2) is 4.83. The van der Waals surface area contributed by atoms with Gasteiger partial charge in [0, 0.05) is 48.0 Å². The molecule has 0 fully saturated rings. The van der Waals surface area contributed by atoms with Gasteiger partial charge in [0.15, 0.2) is 0 Å². The number of nitrogen functional groups attached to an aromatic ring is 1. The number of hydrogen-bond acceptors (Lipinski definition) is 5. The molecule has 92 valence electrons. The van der Waals surface area contributed by atoms with Gasteiger partial charge in [0.05, 0.1) is 5.71 Å². The highest BCUT2D eigenvalue weighted by atomic mass is 15.0. The molecule has 0 atom stereocenters. The third-order valence-corrected chi connectivity index (χ3v) is 2.65. The fourth-order valence-electron chi connectivity index (χ4n) is 1.67. The van der Waals surface area contributed by atoms with Crippen LogP contribution in [0.15, 0.2) is 30.6 Å². The molecule has 0 aliphatic rings. The number of nitrogens with zero attached hydrogens (tertiary/aromatic N) is 2. The van der Waals surface area contributed by atoms with Gasteiger partial charge in [0.2, 0.25) is 0 Å². The molecule has 0 saturated carbocycles. The standard InChI is InChI=1S/C13H15N5/c1-8-5-9(3-4-17-8)13(15)10-7-18-12(16-2)6-11(10)14/h3-7,15H,1-2H3,(H3,14,16,18). The highest BCUT2D eigenvalue weighted by Gasteiger charge is 2.10. The average molecular weight is 241 g/mol. The molecule has 5 heteroatoms. The fraction of sp³-hybridized carbons (Fsp3) is 0.154. The van der Waals surface area contributed by atoms with Crippen LogP contribution in [0.5, 0.6) is 0 Å². The molecule has 0 aromatic carbocycles. The zero-order valence-electron chi connectivity index (χ0n) is 10.4. The van der Waals surface area contributed by atoms with Gasteiger partial charge in [-0.05, 0) is 19.1 Å². The Bertz CT molecular complexity index is 592. The van der Waals surface area contributed by atoms with E-state index in [1.165, 1.54) is 0 Å². The van der Waals surface area contributed by atoms with Gasteiger partial charge in [-0.1, -0.05) is 0 Å². The molecule has 2 rings (SSSR count). The summed E-state index contributed by atoms with van der Waals surface area (Å²) in [4.78, 5) is 8.29. The molecule has 0 spiro atoms. The first kappa shape index (κ1) is 12.0. The average Bonchev–Trinajstić information content (AvgIpc) is 2.37. The monoisotopic (exact) mass is 241 g/mol. The van der Waals surface area contributed by atoms with E-state index in [-0.39, 0.29) is 0 Å². The lowest BCUT2D eigenvalue weighted by Crippen LogP contribution is -2.08. The highest BCUT2D eigenvalue weighted by Crippen LogP contribution is 2.18. The molecular weight excluding hydrogens is 226 g/mol. The van der Waals surface area contributed by atoms with Crippen LogP contribution in [0.4, 0.5) is 11.5 Å². The lowest BCUT2D eigenvalue weighted by molar-refractivity contribution is 1.19. The zero-order valence-corrected chi connectivity index (χ0v) is 10.4. The van der Waals surface area contributed by atoms with Gasteiger partial charge in [-0.25, -0.2) is 4.98 Å². The molecule has 0 aliphatic heterocycles. The summed E-state index contributed by atoms with van der Waals surface area (Å²) in [5.41, 5.74) is 9.11. The third kappa shape index (κ3) is 2.29. The second-order valence-electron chi connectivity index (χ2n) is 3.97. The van der Waals surface area contributed by atoms with Crippen LogP contribution in [0, 0.1) is 12.3 Å². The van der Waals surface area contributed by atoms with Crippen molar-refractivity contribution in [2.45, 2.75) is 6.92 Å². The van der Waals surface area contributed by atoms with E-state index in [9.17, 15) is 0 Å². The summed E-state index contributed by atoms with van der Waals surface area (Å²) in [5.74, 6) is 0.690. The van der Waals surface area contributed by atoms with E-state index in [0.717, 1.165) is 11.3 Å². The predicted octanol–water partition coefficient (Wildman–Crippen LogP) is 1.83. The van der Waals surface area contributed by atoms with Crippen LogP contribution in [0.1, 0.15) is 16.8 Å². The molecule has 18 heavy (non-hydrogen) atoms. The second-order valence-corrected chi connectivity index (χ2v) is 3.97. The first-order valence-electron chi connectivity index (χ1n) is 5.57. The van der Waals surface area contributed by atoms with Gasteiger partial charge in [-0.15, -0.1) is 0 Å². The van der Waals surface area contributed by atoms with Crippen molar-refractivity contribution in [3.8, 4) is 0 Å². The van der Waals surface area contributed by atoms with Crippen LogP contribution < -0.4 is 11.1 Å². The summed E-state index contributed by atoms with van der Waals surface area (Å²) in [6.07, 6.45) is 3.30. The summed E-state index contributed by atoms with van der Waals surface area (Å²) in [6, 6.07) is 5.37. The van der Waals surface area contributed by atoms with Crippen molar-refractivity contribution in [2.24, 2.45) is 0 Å². The predicted molar refractivity (Wildman–Crippen MR) is 73.1 cm³/mol. The van der Waals surface area contributed by atoms with Crippen molar-refractivity contribution in [1.29, 1.82) is 5.41 Å². The number of nitrogens with two attached hydrogens (primary N) is 1. The molecule has 0 unspecified atom stereocenters. The molecule has 0 aliphatic carbocycles. The number of rotatable bonds is 3. The fourth-order valence-corrected chi connectivity index (χ4v) is 1.67. The van der Waals surface area contributed by atoms with Gasteiger partial charge in [-0.3, -0.25) is 10.4 Å². The Morgan fingerprint density at radius 3 is 2.72 bits per heavy atom. The molecule has 0 radical (unpaired) electrons. The maximum absolute atomic E-state index is 8.17. The van der Waals surface area contributed by atoms with Crippen molar-refractivity contribution in [2.75, 3.05) is 18.1 Å². The lowest BCUT2D eigenvalue weighted by atomic mass is 10.0. The lowest BCUT2D eigenvalue weighted by Gasteiger charge is -2.09. The van der Waals surface area contributed by atoms with E-state index in [1.54, 1.807) is 31.6 Å². The number of hydrogen-bond donors (Lipinski definition) is 3. The van der Waals surface area contributed by atoms with Crippen LogP contribution in [0.3, 0.4) is 0 Å². The zero-order chi connectivity index (χ0) is 13.1. The quantitative estimate of drug-likeness (QED) is 0.715. The van der Waals surface area contributed by atoms with Crippen molar-refractivity contribution >= 4 is 17.2 Å². The number of pyridine rings is 2. The van der Waals surface area contributed by atoms with E-state index >= 15 is 0 Å². The molecule has 0 bridgehead atoms. The maximum Gasteiger partial charge on any atom is 0.127 e. The Kier molecular flexibility index (Phi) is 3.23. The van der Waals surface area contributed by atoms with Crippen LogP contribution in [-0.4, -0.2) is 22.7 Å². The van der Waals surface area contributed by atoms with Gasteiger partial charge >= 0.3 is 0 Å². The smallest absolute Gasteiger partial charge is 0.127 e. The van der Waals surface area contributed by atoms with E-state index in [4.69, 9.17) is 11.1 Å². The molecule has 0 amide bonds. The number of anilines is 2. The Balaban J connectivity index is 2.40. The van der Waals surface area contributed by atoms with Crippen molar-refractivity contribution < 1.29 is 0 Å². The summed E-state index contributed by atoms with van der Waals surface area (Å²) in [7, 11) is 1.78. The van der Waals surface area contributed by atoms with Crippen molar-refractivity contribution in [3.05, 3.63) is 47.4 Å². The molecule has 2 heterocycles. The Labute approximate surface area is 106 Å². The summed E-state index contributed by atoms with van der Waals surface area (Å²) in [5, 5.41) is 11.1. The van der Waals surface area contributed by atoms with Gasteiger partial charge in [0.25, 0.3) is 0 Å². The van der Waals surface area contributed by atoms with Gasteiger partial charge in [-0.2, -0.15) is 0 Å². The number of aryl methyl sites for hydroxylation is 1. The van der Waals surface area contributed by atoms with E-state index < -0.39 is 0 Å². The topological polar surface area (TPSA) is 87.7 Å². The molecule has 0 saturated heterocycles. The molecule has 2 aromatic heterocycles. The first-order chi connectivity index (χ1) is 8.61. The van der Waals surface area contributed by atoms with E-state index in [2.05, 4.69) is 15.3 Å². The number of aromatic nitrogens is 2. The molecule has 4 N–H and O–H groups in total.